The predicted octanol–water partition coefficient (Wildman–Crippen LogP) is 1.53. The van der Waals surface area contributed by atoms with Gasteiger partial charge >= 0.3 is 0 Å². The third-order valence-electron chi connectivity index (χ3n) is 2.86. The molecule has 3 heteroatoms. The molecule has 0 spiro atoms. The van der Waals surface area contributed by atoms with Gasteiger partial charge in [-0.2, -0.15) is 0 Å². The molecule has 0 bridgehead atoms. The molecule has 1 atom stereocenters. The molecule has 1 unspecified atom stereocenters. The van der Waals surface area contributed by atoms with Gasteiger partial charge in [0.25, 0.3) is 0 Å². The lowest BCUT2D eigenvalue weighted by atomic mass is 9.94. The molecule has 0 aromatic heterocycles. The van der Waals surface area contributed by atoms with Crippen LogP contribution in [0, 0.1) is 0 Å². The molecule has 1 saturated heterocycles. The maximum atomic E-state index is 5.82. The van der Waals surface area contributed by atoms with Crippen LogP contribution in [0.1, 0.15) is 12.5 Å². The van der Waals surface area contributed by atoms with E-state index < -0.39 is 0 Å². The van der Waals surface area contributed by atoms with Crippen molar-refractivity contribution in [1.82, 2.24) is 5.32 Å². The molecule has 1 aromatic rings. The zero-order valence-electron chi connectivity index (χ0n) is 9.25. The van der Waals surface area contributed by atoms with E-state index in [4.69, 9.17) is 9.47 Å². The molecule has 3 nitrogen and oxygen atoms in total. The van der Waals surface area contributed by atoms with E-state index in [0.29, 0.717) is 0 Å². The molecular weight excluding hydrogens is 190 g/mol. The molecule has 0 radical (unpaired) electrons. The molecule has 1 aromatic carbocycles. The van der Waals surface area contributed by atoms with Crippen LogP contribution in [0.5, 0.6) is 5.75 Å². The summed E-state index contributed by atoms with van der Waals surface area (Å²) in [6.07, 6.45) is 0. The molecule has 1 fully saturated rings. The van der Waals surface area contributed by atoms with E-state index in [0.717, 1.165) is 25.4 Å². The van der Waals surface area contributed by atoms with Crippen molar-refractivity contribution in [1.29, 1.82) is 0 Å². The first kappa shape index (κ1) is 10.5. The fourth-order valence-corrected chi connectivity index (χ4v) is 1.86. The SMILES string of the molecule is COc1ccc(C2(C)CNCCO2)cc1. The second kappa shape index (κ2) is 4.21. The molecule has 82 valence electrons. The van der Waals surface area contributed by atoms with Gasteiger partial charge in [0.15, 0.2) is 0 Å². The smallest absolute Gasteiger partial charge is 0.118 e. The second-order valence-corrected chi connectivity index (χ2v) is 3.98. The van der Waals surface area contributed by atoms with Gasteiger partial charge in [0.1, 0.15) is 11.4 Å². The molecule has 0 saturated carbocycles. The van der Waals surface area contributed by atoms with Crippen LogP contribution in [0.15, 0.2) is 24.3 Å². The van der Waals surface area contributed by atoms with Crippen LogP contribution >= 0.6 is 0 Å². The van der Waals surface area contributed by atoms with E-state index in [1.807, 2.05) is 12.1 Å². The highest BCUT2D eigenvalue weighted by Gasteiger charge is 2.29. The first-order chi connectivity index (χ1) is 7.24. The van der Waals surface area contributed by atoms with Gasteiger partial charge in [0.05, 0.1) is 13.7 Å². The summed E-state index contributed by atoms with van der Waals surface area (Å²) < 4.78 is 11.0. The minimum Gasteiger partial charge on any atom is -0.497 e. The monoisotopic (exact) mass is 207 g/mol. The Hall–Kier alpha value is -1.06. The van der Waals surface area contributed by atoms with Gasteiger partial charge in [0, 0.05) is 13.1 Å². The van der Waals surface area contributed by atoms with Gasteiger partial charge in [-0.15, -0.1) is 0 Å². The largest absolute Gasteiger partial charge is 0.497 e. The van der Waals surface area contributed by atoms with Crippen LogP contribution in [0.3, 0.4) is 0 Å². The maximum absolute atomic E-state index is 5.82. The normalized spacial score (nSPS) is 26.3. The van der Waals surface area contributed by atoms with Crippen LogP contribution in [0.4, 0.5) is 0 Å². The van der Waals surface area contributed by atoms with Gasteiger partial charge in [-0.3, -0.25) is 0 Å². The fourth-order valence-electron chi connectivity index (χ4n) is 1.86. The fraction of sp³-hybridized carbons (Fsp3) is 0.500. The van der Waals surface area contributed by atoms with E-state index in [2.05, 4.69) is 24.4 Å². The van der Waals surface area contributed by atoms with Crippen LogP contribution in [0.2, 0.25) is 0 Å². The highest BCUT2D eigenvalue weighted by molar-refractivity contribution is 5.31. The number of benzene rings is 1. The zero-order chi connectivity index (χ0) is 10.7. The maximum Gasteiger partial charge on any atom is 0.118 e. The predicted molar refractivity (Wildman–Crippen MR) is 59.2 cm³/mol. The van der Waals surface area contributed by atoms with Crippen LogP contribution in [-0.4, -0.2) is 26.8 Å². The number of rotatable bonds is 2. The minimum absolute atomic E-state index is 0.204. The van der Waals surface area contributed by atoms with Gasteiger partial charge in [-0.25, -0.2) is 0 Å². The number of hydrogen-bond donors (Lipinski definition) is 1. The Morgan fingerprint density at radius 3 is 2.60 bits per heavy atom. The lowest BCUT2D eigenvalue weighted by Gasteiger charge is -2.34. The van der Waals surface area contributed by atoms with Crippen molar-refractivity contribution >= 4 is 0 Å². The molecule has 2 rings (SSSR count). The lowest BCUT2D eigenvalue weighted by molar-refractivity contribution is -0.0572. The van der Waals surface area contributed by atoms with Gasteiger partial charge in [0.2, 0.25) is 0 Å². The van der Waals surface area contributed by atoms with Gasteiger partial charge < -0.3 is 14.8 Å². The number of methoxy groups -OCH3 is 1. The summed E-state index contributed by atoms with van der Waals surface area (Å²) in [5.41, 5.74) is 0.986. The average molecular weight is 207 g/mol. The summed E-state index contributed by atoms with van der Waals surface area (Å²) in [5, 5.41) is 3.35. The Labute approximate surface area is 90.4 Å². The topological polar surface area (TPSA) is 30.5 Å². The Morgan fingerprint density at radius 2 is 2.07 bits per heavy atom. The summed E-state index contributed by atoms with van der Waals surface area (Å²) in [4.78, 5) is 0. The molecule has 0 amide bonds. The summed E-state index contributed by atoms with van der Waals surface area (Å²) in [7, 11) is 1.68. The third kappa shape index (κ3) is 2.13. The standard InChI is InChI=1S/C12H17NO2/c1-12(9-13-7-8-15-12)10-3-5-11(14-2)6-4-10/h3-6,13H,7-9H2,1-2H3. The molecule has 0 aliphatic carbocycles. The Kier molecular flexibility index (Phi) is 2.93. The van der Waals surface area contributed by atoms with E-state index in [1.54, 1.807) is 7.11 Å². The first-order valence-electron chi connectivity index (χ1n) is 5.24. The number of nitrogens with one attached hydrogen (secondary N) is 1. The molecule has 1 aliphatic rings. The van der Waals surface area contributed by atoms with Crippen LogP contribution < -0.4 is 10.1 Å². The first-order valence-corrected chi connectivity index (χ1v) is 5.24. The number of morpholine rings is 1. The highest BCUT2D eigenvalue weighted by atomic mass is 16.5. The summed E-state index contributed by atoms with van der Waals surface area (Å²) in [6, 6.07) is 8.06. The Morgan fingerprint density at radius 1 is 1.33 bits per heavy atom. The molecule has 1 N–H and O–H groups in total. The van der Waals surface area contributed by atoms with Crippen molar-refractivity contribution in [2.24, 2.45) is 0 Å². The Balaban J connectivity index is 2.20. The van der Waals surface area contributed by atoms with E-state index >= 15 is 0 Å². The molecule has 1 aliphatic heterocycles. The van der Waals surface area contributed by atoms with E-state index in [1.165, 1.54) is 5.56 Å². The average Bonchev–Trinajstić information content (AvgIpc) is 2.30. The summed E-state index contributed by atoms with van der Waals surface area (Å²) in [5.74, 6) is 0.881. The number of hydrogen-bond acceptors (Lipinski definition) is 3. The molecular formula is C12H17NO2. The minimum atomic E-state index is -0.204. The van der Waals surface area contributed by atoms with E-state index in [9.17, 15) is 0 Å². The summed E-state index contributed by atoms with van der Waals surface area (Å²) >= 11 is 0. The van der Waals surface area contributed by atoms with Crippen molar-refractivity contribution in [2.75, 3.05) is 26.8 Å². The molecule has 1 heterocycles. The lowest BCUT2D eigenvalue weighted by Crippen LogP contribution is -2.45. The molecule has 15 heavy (non-hydrogen) atoms. The van der Waals surface area contributed by atoms with Crippen molar-refractivity contribution in [3.05, 3.63) is 29.8 Å². The van der Waals surface area contributed by atoms with Crippen molar-refractivity contribution in [2.45, 2.75) is 12.5 Å². The van der Waals surface area contributed by atoms with Gasteiger partial charge in [-0.1, -0.05) is 12.1 Å². The highest BCUT2D eigenvalue weighted by Crippen LogP contribution is 2.27. The summed E-state index contributed by atoms with van der Waals surface area (Å²) in [6.45, 7) is 4.68. The second-order valence-electron chi connectivity index (χ2n) is 3.98. The van der Waals surface area contributed by atoms with Crippen molar-refractivity contribution in [3.63, 3.8) is 0 Å². The van der Waals surface area contributed by atoms with E-state index in [-0.39, 0.29) is 5.60 Å². The van der Waals surface area contributed by atoms with Gasteiger partial charge in [-0.05, 0) is 24.6 Å². The van der Waals surface area contributed by atoms with Crippen LogP contribution in [0.25, 0.3) is 0 Å². The number of ether oxygens (including phenoxy) is 2. The van der Waals surface area contributed by atoms with Crippen molar-refractivity contribution < 1.29 is 9.47 Å². The third-order valence-corrected chi connectivity index (χ3v) is 2.86. The van der Waals surface area contributed by atoms with Crippen LogP contribution in [-0.2, 0) is 10.3 Å². The van der Waals surface area contributed by atoms with Crippen molar-refractivity contribution in [3.8, 4) is 5.75 Å². The zero-order valence-corrected chi connectivity index (χ0v) is 9.25. The Bertz CT molecular complexity index is 315. The quantitative estimate of drug-likeness (QED) is 0.797.